The minimum absolute atomic E-state index is 0.565. The molecule has 0 bridgehead atoms. The first-order valence-corrected chi connectivity index (χ1v) is 22.5. The third-order valence-electron chi connectivity index (χ3n) is 9.31. The zero-order valence-electron chi connectivity index (χ0n) is 19.5. The topological polar surface area (TPSA) is 0 Å². The van der Waals surface area contributed by atoms with Gasteiger partial charge in [0.2, 0.25) is 0 Å². The van der Waals surface area contributed by atoms with Crippen LogP contribution in [0.3, 0.4) is 0 Å². The fourth-order valence-corrected chi connectivity index (χ4v) is 25.9. The molecule has 0 nitrogen and oxygen atoms in total. The molecule has 0 saturated heterocycles. The van der Waals surface area contributed by atoms with Crippen molar-refractivity contribution in [1.82, 2.24) is 0 Å². The number of hydrogen-bond acceptors (Lipinski definition) is 0. The maximum atomic E-state index is 2.82. The van der Waals surface area contributed by atoms with Crippen molar-refractivity contribution in [2.75, 3.05) is 0 Å². The summed E-state index contributed by atoms with van der Waals surface area (Å²) in [6.07, 6.45) is 0. The van der Waals surface area contributed by atoms with E-state index in [9.17, 15) is 0 Å². The monoisotopic (exact) mass is 467 g/mol. The van der Waals surface area contributed by atoms with Gasteiger partial charge in [0.15, 0.2) is 0 Å². The molecule has 4 aromatic carbocycles. The molecule has 0 saturated carbocycles. The average molecular weight is 468 g/mol. The third kappa shape index (κ3) is 2.48. The minimum atomic E-state index is -3.29. The summed E-state index contributed by atoms with van der Waals surface area (Å²) in [5.41, 5.74) is 12.3. The molecule has 0 heterocycles. The Bertz CT molecular complexity index is 1180. The molecule has 0 aliphatic heterocycles. The van der Waals surface area contributed by atoms with Crippen LogP contribution in [0, 0.1) is 0 Å². The van der Waals surface area contributed by atoms with Crippen molar-refractivity contribution in [3.8, 4) is 22.3 Å². The summed E-state index contributed by atoms with van der Waals surface area (Å²) in [6, 6.07) is 37.2. The van der Waals surface area contributed by atoms with Gasteiger partial charge >= 0.3 is 195 Å². The van der Waals surface area contributed by atoms with E-state index in [2.05, 4.69) is 121 Å². The van der Waals surface area contributed by atoms with Gasteiger partial charge < -0.3 is 0 Å². The van der Waals surface area contributed by atoms with Crippen molar-refractivity contribution in [1.29, 1.82) is 0 Å². The Labute approximate surface area is 194 Å². The van der Waals surface area contributed by atoms with Gasteiger partial charge in [0.05, 0.1) is 0 Å². The number of fused-ring (bicyclic) bond motifs is 6. The van der Waals surface area contributed by atoms with E-state index in [4.69, 9.17) is 0 Å². The van der Waals surface area contributed by atoms with Crippen LogP contribution in [-0.2, 0) is 14.6 Å². The first-order chi connectivity index (χ1) is 15.4. The molecule has 0 spiro atoms. The van der Waals surface area contributed by atoms with Gasteiger partial charge in [0.1, 0.15) is 0 Å². The van der Waals surface area contributed by atoms with Gasteiger partial charge in [-0.05, 0) is 0 Å². The molecule has 2 aliphatic carbocycles. The summed E-state index contributed by atoms with van der Waals surface area (Å²) in [7, 11) is 0. The van der Waals surface area contributed by atoms with E-state index < -0.39 is 21.2 Å². The van der Waals surface area contributed by atoms with E-state index in [1.165, 1.54) is 22.3 Å². The van der Waals surface area contributed by atoms with Crippen LogP contribution in [0.15, 0.2) is 97.1 Å². The van der Waals surface area contributed by atoms with E-state index in [1.807, 2.05) is 0 Å². The molecule has 32 heavy (non-hydrogen) atoms. The molecule has 0 radical (unpaired) electrons. The van der Waals surface area contributed by atoms with Gasteiger partial charge in [-0.25, -0.2) is 0 Å². The fourth-order valence-electron chi connectivity index (χ4n) is 7.11. The second-order valence-electron chi connectivity index (χ2n) is 11.1. The zero-order chi connectivity index (χ0) is 22.1. The molecule has 0 unspecified atom stereocenters. The third-order valence-corrected chi connectivity index (χ3v) is 40.4. The number of benzene rings is 4. The van der Waals surface area contributed by atoms with E-state index in [1.54, 1.807) is 22.3 Å². The second kappa shape index (κ2) is 6.90. The molecule has 2 aliphatic rings. The SMILES string of the molecule is C[SiH](C)[Ti]([CH3])([CH3])([CH]1c2ccccc2-c2ccccc21)[CH]1c2ccccc2-c2ccccc21. The predicted octanol–water partition coefficient (Wildman–Crippen LogP) is 8.30. The van der Waals surface area contributed by atoms with Crippen molar-refractivity contribution in [2.24, 2.45) is 0 Å². The molecule has 4 aromatic rings. The Balaban J connectivity index is 1.71. The molecule has 0 amide bonds. The standard InChI is InChI=1S/2C13H9.C2H7Si.2CH3.Ti/c2*1-3-7-12-10(5-1)9-11-6-2-4-8-13(11)12;1-3-2;;;/h2*1-9H;3H,1-2H3;2*1H3;. The van der Waals surface area contributed by atoms with E-state index >= 15 is 0 Å². The summed E-state index contributed by atoms with van der Waals surface area (Å²) < 4.78 is 1.13. The Kier molecular flexibility index (Phi) is 4.41. The van der Waals surface area contributed by atoms with Gasteiger partial charge in [0.25, 0.3) is 0 Å². The molecular weight excluding hydrogens is 436 g/mol. The molecule has 2 heteroatoms. The Hall–Kier alpha value is -2.19. The molecule has 0 N–H and O–H groups in total. The van der Waals surface area contributed by atoms with Crippen molar-refractivity contribution in [3.05, 3.63) is 119 Å². The predicted molar refractivity (Wildman–Crippen MR) is 138 cm³/mol. The van der Waals surface area contributed by atoms with Crippen LogP contribution in [-0.4, -0.2) is 6.66 Å². The molecule has 0 aromatic heterocycles. The van der Waals surface area contributed by atoms with Crippen LogP contribution in [0.2, 0.25) is 23.6 Å². The van der Waals surface area contributed by atoms with E-state index in [0.717, 1.165) is 0 Å². The summed E-state index contributed by atoms with van der Waals surface area (Å²) in [5, 5.41) is 5.64. The van der Waals surface area contributed by atoms with Crippen LogP contribution >= 0.6 is 0 Å². The molecule has 0 atom stereocenters. The van der Waals surface area contributed by atoms with Gasteiger partial charge in [-0.2, -0.15) is 0 Å². The molecular formula is C30H31SiTi. The van der Waals surface area contributed by atoms with Gasteiger partial charge in [-0.3, -0.25) is 0 Å². The van der Waals surface area contributed by atoms with Gasteiger partial charge in [-0.1, -0.05) is 0 Å². The van der Waals surface area contributed by atoms with Crippen molar-refractivity contribution >= 4 is 6.66 Å². The number of rotatable bonds is 3. The Morgan fingerprint density at radius 3 is 0.969 bits per heavy atom. The quantitative estimate of drug-likeness (QED) is 0.266. The average Bonchev–Trinajstić information content (AvgIpc) is 3.33. The molecule has 159 valence electrons. The maximum absolute atomic E-state index is 3.29. The van der Waals surface area contributed by atoms with E-state index in [-0.39, 0.29) is 0 Å². The van der Waals surface area contributed by atoms with E-state index in [0.29, 0.717) is 8.45 Å². The van der Waals surface area contributed by atoms with Crippen LogP contribution in [0.4, 0.5) is 0 Å². The van der Waals surface area contributed by atoms with Gasteiger partial charge in [-0.15, -0.1) is 0 Å². The number of hydrogen-bond donors (Lipinski definition) is 0. The summed E-state index contributed by atoms with van der Waals surface area (Å²) in [6.45, 7) is 4.25. The summed E-state index contributed by atoms with van der Waals surface area (Å²) in [4.78, 5) is 0. The van der Waals surface area contributed by atoms with Crippen LogP contribution in [0.1, 0.15) is 30.7 Å². The zero-order valence-corrected chi connectivity index (χ0v) is 22.2. The summed E-state index contributed by atoms with van der Waals surface area (Å²) >= 11 is -3.29. The molecule has 0 fully saturated rings. The normalized spacial score (nSPS) is 16.2. The second-order valence-corrected chi connectivity index (χ2v) is 36.7. The first kappa shape index (κ1) is 20.4. The van der Waals surface area contributed by atoms with Crippen molar-refractivity contribution < 1.29 is 14.6 Å². The van der Waals surface area contributed by atoms with Crippen LogP contribution in [0.5, 0.6) is 0 Å². The fraction of sp³-hybridized carbons (Fsp3) is 0.200. The van der Waals surface area contributed by atoms with Crippen LogP contribution < -0.4 is 0 Å². The molecule has 6 rings (SSSR count). The summed E-state index contributed by atoms with van der Waals surface area (Å²) in [5.74, 6) is 0. The Morgan fingerprint density at radius 2 is 0.719 bits per heavy atom. The Morgan fingerprint density at radius 1 is 0.469 bits per heavy atom. The van der Waals surface area contributed by atoms with Crippen molar-refractivity contribution in [3.63, 3.8) is 0 Å². The van der Waals surface area contributed by atoms with Crippen LogP contribution in [0.25, 0.3) is 22.3 Å². The van der Waals surface area contributed by atoms with Crippen molar-refractivity contribution in [2.45, 2.75) is 32.0 Å². The van der Waals surface area contributed by atoms with Gasteiger partial charge in [0, 0.05) is 0 Å². The first-order valence-electron chi connectivity index (χ1n) is 12.0.